The molecule has 0 atom stereocenters. The van der Waals surface area contributed by atoms with Crippen molar-refractivity contribution in [3.05, 3.63) is 51.0 Å². The van der Waals surface area contributed by atoms with Crippen molar-refractivity contribution in [2.75, 3.05) is 4.90 Å². The lowest BCUT2D eigenvalue weighted by Gasteiger charge is -2.35. The summed E-state index contributed by atoms with van der Waals surface area (Å²) in [6.45, 7) is 7.60. The minimum absolute atomic E-state index is 0.00444. The number of aliphatic hydroxyl groups is 1. The van der Waals surface area contributed by atoms with Crippen molar-refractivity contribution in [1.29, 1.82) is 0 Å². The molecule has 1 aliphatic carbocycles. The number of carbonyl (C=O) groups is 2. The number of benzene rings is 1. The van der Waals surface area contributed by atoms with E-state index in [1.165, 1.54) is 17.0 Å². The fourth-order valence-electron chi connectivity index (χ4n) is 3.74. The monoisotopic (exact) mass is 457 g/mol. The van der Waals surface area contributed by atoms with E-state index in [1.54, 1.807) is 19.1 Å². The van der Waals surface area contributed by atoms with Crippen molar-refractivity contribution in [3.63, 3.8) is 0 Å². The third-order valence-corrected chi connectivity index (χ3v) is 6.36. The van der Waals surface area contributed by atoms with Gasteiger partial charge in [0.1, 0.15) is 10.7 Å². The van der Waals surface area contributed by atoms with Crippen LogP contribution in [0.2, 0.25) is 0 Å². The van der Waals surface area contributed by atoms with Crippen LogP contribution in [0.1, 0.15) is 76.9 Å². The highest BCUT2D eigenvalue weighted by atomic mass is 32.1. The van der Waals surface area contributed by atoms with Gasteiger partial charge < -0.3 is 15.1 Å². The van der Waals surface area contributed by atoms with E-state index in [1.807, 2.05) is 20.8 Å². The Bertz CT molecular complexity index is 1080. The van der Waals surface area contributed by atoms with Gasteiger partial charge in [0, 0.05) is 11.5 Å². The zero-order chi connectivity index (χ0) is 23.6. The van der Waals surface area contributed by atoms with Gasteiger partial charge >= 0.3 is 5.97 Å². The van der Waals surface area contributed by atoms with Gasteiger partial charge in [-0.3, -0.25) is 4.79 Å². The number of amides is 1. The number of anilines is 1. The second kappa shape index (κ2) is 9.43. The standard InChI is InChI=1S/C25H28FNO4S/c1-15-5-10-19(20(26)13-15)23(29)27(16-6-8-17(28)9-7-16)21-14-18(11-12-25(2,3)4)32-22(21)24(30)31/h5,10,13-14,16-17,28H,6-9H2,1-4H3,(H,30,31)/t16-,17-. The molecule has 1 aliphatic rings. The summed E-state index contributed by atoms with van der Waals surface area (Å²) in [7, 11) is 0. The molecule has 2 aromatic rings. The van der Waals surface area contributed by atoms with Crippen molar-refractivity contribution in [3.8, 4) is 11.8 Å². The Morgan fingerprint density at radius 3 is 2.38 bits per heavy atom. The maximum Gasteiger partial charge on any atom is 0.348 e. The minimum atomic E-state index is -1.16. The number of hydrogen-bond donors (Lipinski definition) is 2. The molecule has 1 amide bonds. The van der Waals surface area contributed by atoms with Gasteiger partial charge in [0.15, 0.2) is 0 Å². The van der Waals surface area contributed by atoms with Crippen LogP contribution in [0.5, 0.6) is 0 Å². The number of hydrogen-bond acceptors (Lipinski definition) is 4. The van der Waals surface area contributed by atoms with Crippen molar-refractivity contribution in [1.82, 2.24) is 0 Å². The molecule has 0 unspecified atom stereocenters. The van der Waals surface area contributed by atoms with Crippen LogP contribution < -0.4 is 4.90 Å². The molecule has 1 heterocycles. The van der Waals surface area contributed by atoms with E-state index >= 15 is 0 Å². The van der Waals surface area contributed by atoms with Gasteiger partial charge in [0.2, 0.25) is 0 Å². The Labute approximate surface area is 191 Å². The fourth-order valence-corrected chi connectivity index (χ4v) is 4.58. The predicted octanol–water partition coefficient (Wildman–Crippen LogP) is 5.24. The second-order valence-electron chi connectivity index (χ2n) is 9.25. The van der Waals surface area contributed by atoms with Gasteiger partial charge in [0.25, 0.3) is 5.91 Å². The highest BCUT2D eigenvalue weighted by molar-refractivity contribution is 7.15. The molecule has 7 heteroatoms. The summed E-state index contributed by atoms with van der Waals surface area (Å²) in [6, 6.07) is 5.66. The Morgan fingerprint density at radius 1 is 1.16 bits per heavy atom. The van der Waals surface area contributed by atoms with E-state index in [-0.39, 0.29) is 27.6 Å². The highest BCUT2D eigenvalue weighted by Gasteiger charge is 2.34. The predicted molar refractivity (Wildman–Crippen MR) is 124 cm³/mol. The van der Waals surface area contributed by atoms with Gasteiger partial charge in [-0.15, -0.1) is 11.3 Å². The van der Waals surface area contributed by atoms with Gasteiger partial charge in [-0.2, -0.15) is 0 Å². The fraction of sp³-hybridized carbons (Fsp3) is 0.440. The first-order valence-corrected chi connectivity index (χ1v) is 11.5. The normalized spacial score (nSPS) is 18.6. The molecule has 1 saturated carbocycles. The Balaban J connectivity index is 2.12. The number of aryl methyl sites for hydroxylation is 1. The molecule has 32 heavy (non-hydrogen) atoms. The molecule has 1 fully saturated rings. The summed E-state index contributed by atoms with van der Waals surface area (Å²) < 4.78 is 14.7. The topological polar surface area (TPSA) is 77.8 Å². The number of carboxylic acid groups (broad SMARTS) is 1. The van der Waals surface area contributed by atoms with Crippen LogP contribution in [0.15, 0.2) is 24.3 Å². The van der Waals surface area contributed by atoms with Gasteiger partial charge in [-0.25, -0.2) is 9.18 Å². The number of aromatic carboxylic acids is 1. The number of rotatable bonds is 4. The van der Waals surface area contributed by atoms with Crippen LogP contribution in [0, 0.1) is 30.0 Å². The van der Waals surface area contributed by atoms with Crippen molar-refractivity contribution < 1.29 is 24.2 Å². The van der Waals surface area contributed by atoms with E-state index in [0.29, 0.717) is 36.1 Å². The number of carbonyl (C=O) groups excluding carboxylic acids is 1. The van der Waals surface area contributed by atoms with E-state index < -0.39 is 23.8 Å². The minimum Gasteiger partial charge on any atom is -0.477 e. The lowest BCUT2D eigenvalue weighted by atomic mass is 9.91. The molecule has 3 rings (SSSR count). The lowest BCUT2D eigenvalue weighted by Crippen LogP contribution is -2.44. The van der Waals surface area contributed by atoms with Crippen LogP contribution in [0.25, 0.3) is 0 Å². The second-order valence-corrected chi connectivity index (χ2v) is 10.3. The Hall–Kier alpha value is -2.69. The summed E-state index contributed by atoms with van der Waals surface area (Å²) in [6.07, 6.45) is 1.53. The van der Waals surface area contributed by atoms with Crippen LogP contribution in [0.4, 0.5) is 10.1 Å². The number of nitrogens with zero attached hydrogens (tertiary/aromatic N) is 1. The maximum atomic E-state index is 14.7. The van der Waals surface area contributed by atoms with Crippen molar-refractivity contribution in [2.45, 2.75) is 65.5 Å². The van der Waals surface area contributed by atoms with Gasteiger partial charge in [-0.05, 0) is 77.1 Å². The summed E-state index contributed by atoms with van der Waals surface area (Å²) in [5.41, 5.74) is 0.541. The number of aliphatic hydroxyl groups excluding tert-OH is 1. The van der Waals surface area contributed by atoms with Crippen LogP contribution in [0.3, 0.4) is 0 Å². The molecular weight excluding hydrogens is 429 g/mol. The average Bonchev–Trinajstić information content (AvgIpc) is 3.12. The Morgan fingerprint density at radius 2 is 1.81 bits per heavy atom. The van der Waals surface area contributed by atoms with E-state index in [4.69, 9.17) is 0 Å². The summed E-state index contributed by atoms with van der Waals surface area (Å²) >= 11 is 1.01. The molecule has 0 aliphatic heterocycles. The van der Waals surface area contributed by atoms with Crippen molar-refractivity contribution >= 4 is 28.9 Å². The smallest absolute Gasteiger partial charge is 0.348 e. The third kappa shape index (κ3) is 5.56. The Kier molecular flexibility index (Phi) is 7.06. The zero-order valence-electron chi connectivity index (χ0n) is 18.7. The van der Waals surface area contributed by atoms with E-state index in [9.17, 15) is 24.2 Å². The molecule has 0 bridgehead atoms. The zero-order valence-corrected chi connectivity index (χ0v) is 19.6. The van der Waals surface area contributed by atoms with Crippen LogP contribution in [-0.4, -0.2) is 34.2 Å². The van der Waals surface area contributed by atoms with Gasteiger partial charge in [-0.1, -0.05) is 17.9 Å². The molecule has 2 N–H and O–H groups in total. The highest BCUT2D eigenvalue weighted by Crippen LogP contribution is 2.36. The number of thiophene rings is 1. The summed E-state index contributed by atoms with van der Waals surface area (Å²) in [5, 5.41) is 19.8. The molecule has 1 aromatic heterocycles. The SMILES string of the molecule is Cc1ccc(C(=O)N(c2cc(C#CC(C)(C)C)sc2C(=O)O)[C@H]2CC[C@H](O)CC2)c(F)c1. The first-order valence-electron chi connectivity index (χ1n) is 10.6. The van der Waals surface area contributed by atoms with E-state index in [0.717, 1.165) is 11.3 Å². The van der Waals surface area contributed by atoms with Crippen LogP contribution in [-0.2, 0) is 0 Å². The summed E-state index contributed by atoms with van der Waals surface area (Å²) in [5.74, 6) is 3.72. The lowest BCUT2D eigenvalue weighted by molar-refractivity contribution is 0.0702. The first kappa shape index (κ1) is 24.0. The van der Waals surface area contributed by atoms with Crippen LogP contribution >= 0.6 is 11.3 Å². The molecule has 170 valence electrons. The first-order chi connectivity index (χ1) is 15.0. The number of carboxylic acids is 1. The average molecular weight is 458 g/mol. The largest absolute Gasteiger partial charge is 0.477 e. The molecule has 1 aromatic carbocycles. The molecular formula is C25H28FNO4S. The van der Waals surface area contributed by atoms with E-state index in [2.05, 4.69) is 11.8 Å². The molecule has 5 nitrogen and oxygen atoms in total. The molecule has 0 radical (unpaired) electrons. The van der Waals surface area contributed by atoms with Gasteiger partial charge in [0.05, 0.1) is 22.2 Å². The van der Waals surface area contributed by atoms with Crippen molar-refractivity contribution in [2.24, 2.45) is 5.41 Å². The maximum absolute atomic E-state index is 14.7. The molecule has 0 spiro atoms. The summed E-state index contributed by atoms with van der Waals surface area (Å²) in [4.78, 5) is 27.5. The quantitative estimate of drug-likeness (QED) is 0.616. The number of halogens is 1. The molecule has 0 saturated heterocycles. The third-order valence-electron chi connectivity index (χ3n) is 5.33.